The number of carbonyl (C=O) groups is 1. The summed E-state index contributed by atoms with van der Waals surface area (Å²) < 4.78 is 5.39. The summed E-state index contributed by atoms with van der Waals surface area (Å²) in [6, 6.07) is 0. The van der Waals surface area contributed by atoms with Gasteiger partial charge in [0.25, 0.3) is 0 Å². The Morgan fingerprint density at radius 1 is 1.26 bits per heavy atom. The topological polar surface area (TPSA) is 46.5 Å². The highest BCUT2D eigenvalue weighted by atomic mass is 16.7. The molecule has 2 fully saturated rings. The molecule has 23 heavy (non-hydrogen) atoms. The zero-order valence-electron chi connectivity index (χ0n) is 14.7. The second-order valence-corrected chi connectivity index (χ2v) is 9.13. The number of aliphatic hydroxyl groups is 1. The summed E-state index contributed by atoms with van der Waals surface area (Å²) in [7, 11) is 0. The molecule has 3 aliphatic carbocycles. The molecular weight excluding hydrogens is 288 g/mol. The van der Waals surface area contributed by atoms with Crippen LogP contribution in [0.15, 0.2) is 22.8 Å². The molecule has 4 aliphatic rings. The second-order valence-electron chi connectivity index (χ2n) is 9.13. The van der Waals surface area contributed by atoms with Gasteiger partial charge in [0.1, 0.15) is 0 Å². The third-order valence-corrected chi connectivity index (χ3v) is 7.44. The van der Waals surface area contributed by atoms with Gasteiger partial charge in [0, 0.05) is 17.6 Å². The minimum Gasteiger partial charge on any atom is -0.425 e. The minimum atomic E-state index is -1.39. The Morgan fingerprint density at radius 2 is 2.00 bits per heavy atom. The van der Waals surface area contributed by atoms with Crippen molar-refractivity contribution >= 4 is 5.97 Å². The molecule has 0 aromatic rings. The Hall–Kier alpha value is -1.09. The number of hydrogen-bond acceptors (Lipinski definition) is 3. The predicted molar refractivity (Wildman–Crippen MR) is 88.4 cm³/mol. The standard InChI is InChI=1S/C20H28O3/c1-12-14-10-13-6-7-16-18(2,3)8-5-9-19(16,4)15(13)11-20(14,22)23-17(12)21/h10,15-16,22H,5-9,11H2,1-4H3. The highest BCUT2D eigenvalue weighted by Gasteiger charge is 2.58. The van der Waals surface area contributed by atoms with Gasteiger partial charge in [0.15, 0.2) is 0 Å². The summed E-state index contributed by atoms with van der Waals surface area (Å²) in [4.78, 5) is 11.9. The Kier molecular flexibility index (Phi) is 3.02. The average molecular weight is 316 g/mol. The van der Waals surface area contributed by atoms with Crippen LogP contribution in [0.2, 0.25) is 0 Å². The SMILES string of the molecule is CC1=C2C=C3CCC4C(C)(C)CCCC4(C)C3CC2(O)OC1=O. The van der Waals surface area contributed by atoms with E-state index in [-0.39, 0.29) is 11.4 Å². The quantitative estimate of drug-likeness (QED) is 0.684. The molecule has 4 rings (SSSR count). The molecule has 3 nitrogen and oxygen atoms in total. The van der Waals surface area contributed by atoms with Crippen molar-refractivity contribution in [1.82, 2.24) is 0 Å². The lowest BCUT2D eigenvalue weighted by Gasteiger charge is -2.59. The third kappa shape index (κ3) is 1.95. The molecule has 0 bridgehead atoms. The van der Waals surface area contributed by atoms with Crippen molar-refractivity contribution in [3.63, 3.8) is 0 Å². The first-order valence-corrected chi connectivity index (χ1v) is 9.05. The van der Waals surface area contributed by atoms with Gasteiger partial charge in [-0.3, -0.25) is 0 Å². The summed E-state index contributed by atoms with van der Waals surface area (Å²) in [5.74, 6) is -0.739. The van der Waals surface area contributed by atoms with Crippen molar-refractivity contribution < 1.29 is 14.6 Å². The number of rotatable bonds is 0. The maximum absolute atomic E-state index is 11.9. The van der Waals surface area contributed by atoms with Gasteiger partial charge in [0.05, 0.1) is 0 Å². The lowest BCUT2D eigenvalue weighted by Crippen LogP contribution is -2.53. The molecular formula is C20H28O3. The van der Waals surface area contributed by atoms with Crippen molar-refractivity contribution in [1.29, 1.82) is 0 Å². The number of fused-ring (bicyclic) bond motifs is 4. The predicted octanol–water partition coefficient (Wildman–Crippen LogP) is 4.12. The number of carbonyl (C=O) groups excluding carboxylic acids is 1. The van der Waals surface area contributed by atoms with E-state index in [9.17, 15) is 9.90 Å². The lowest BCUT2D eigenvalue weighted by molar-refractivity contribution is -0.194. The van der Waals surface area contributed by atoms with Gasteiger partial charge in [0.2, 0.25) is 5.79 Å². The molecule has 1 aliphatic heterocycles. The van der Waals surface area contributed by atoms with Gasteiger partial charge < -0.3 is 9.84 Å². The summed E-state index contributed by atoms with van der Waals surface area (Å²) in [5, 5.41) is 11.0. The van der Waals surface area contributed by atoms with Gasteiger partial charge in [-0.15, -0.1) is 0 Å². The lowest BCUT2D eigenvalue weighted by atomic mass is 9.46. The fourth-order valence-electron chi connectivity index (χ4n) is 6.27. The summed E-state index contributed by atoms with van der Waals surface area (Å²) in [5.41, 5.74) is 3.29. The molecule has 3 heteroatoms. The number of ether oxygens (including phenoxy) is 1. The van der Waals surface area contributed by atoms with Crippen LogP contribution in [0.3, 0.4) is 0 Å². The van der Waals surface area contributed by atoms with Crippen molar-refractivity contribution in [2.75, 3.05) is 0 Å². The van der Waals surface area contributed by atoms with Crippen molar-refractivity contribution in [3.05, 3.63) is 22.8 Å². The summed E-state index contributed by atoms with van der Waals surface area (Å²) in [6.07, 6.45) is 8.72. The Labute approximate surface area is 138 Å². The number of esters is 1. The largest absolute Gasteiger partial charge is 0.425 e. The Balaban J connectivity index is 1.78. The molecule has 1 heterocycles. The van der Waals surface area contributed by atoms with E-state index in [2.05, 4.69) is 26.8 Å². The number of allylic oxidation sites excluding steroid dienone is 1. The fraction of sp³-hybridized carbons (Fsp3) is 0.750. The molecule has 1 N–H and O–H groups in total. The van der Waals surface area contributed by atoms with Crippen LogP contribution in [0, 0.1) is 22.7 Å². The van der Waals surface area contributed by atoms with E-state index in [1.54, 1.807) is 6.92 Å². The van der Waals surface area contributed by atoms with Crippen LogP contribution in [-0.2, 0) is 9.53 Å². The van der Waals surface area contributed by atoms with E-state index < -0.39 is 5.79 Å². The Morgan fingerprint density at radius 3 is 2.74 bits per heavy atom. The van der Waals surface area contributed by atoms with Gasteiger partial charge in [-0.25, -0.2) is 4.79 Å². The summed E-state index contributed by atoms with van der Waals surface area (Å²) >= 11 is 0. The molecule has 0 aromatic carbocycles. The van der Waals surface area contributed by atoms with Crippen LogP contribution >= 0.6 is 0 Å². The molecule has 0 radical (unpaired) electrons. The molecule has 0 amide bonds. The second kappa shape index (κ2) is 4.50. The summed E-state index contributed by atoms with van der Waals surface area (Å²) in [6.45, 7) is 9.00. The van der Waals surface area contributed by atoms with E-state index in [0.717, 1.165) is 6.42 Å². The molecule has 4 atom stereocenters. The highest BCUT2D eigenvalue weighted by molar-refractivity contribution is 5.93. The fourth-order valence-corrected chi connectivity index (χ4v) is 6.27. The van der Waals surface area contributed by atoms with Gasteiger partial charge in [-0.2, -0.15) is 0 Å². The maximum atomic E-state index is 11.9. The van der Waals surface area contributed by atoms with E-state index in [1.165, 1.54) is 31.3 Å². The van der Waals surface area contributed by atoms with Gasteiger partial charge >= 0.3 is 5.97 Å². The van der Waals surface area contributed by atoms with Gasteiger partial charge in [-0.1, -0.05) is 38.8 Å². The highest BCUT2D eigenvalue weighted by Crippen LogP contribution is 2.64. The van der Waals surface area contributed by atoms with E-state index >= 15 is 0 Å². The normalized spacial score (nSPS) is 44.9. The molecule has 0 spiro atoms. The third-order valence-electron chi connectivity index (χ3n) is 7.44. The van der Waals surface area contributed by atoms with E-state index in [0.29, 0.717) is 34.8 Å². The van der Waals surface area contributed by atoms with Crippen LogP contribution in [0.4, 0.5) is 0 Å². The molecule has 2 saturated carbocycles. The van der Waals surface area contributed by atoms with E-state index in [4.69, 9.17) is 4.74 Å². The van der Waals surface area contributed by atoms with E-state index in [1.807, 2.05) is 0 Å². The molecule has 0 aromatic heterocycles. The van der Waals surface area contributed by atoms with Crippen LogP contribution in [-0.4, -0.2) is 16.9 Å². The van der Waals surface area contributed by atoms with Crippen LogP contribution in [0.5, 0.6) is 0 Å². The van der Waals surface area contributed by atoms with Crippen molar-refractivity contribution in [2.24, 2.45) is 22.7 Å². The smallest absolute Gasteiger partial charge is 0.337 e. The zero-order chi connectivity index (χ0) is 16.6. The van der Waals surface area contributed by atoms with Crippen LogP contribution < -0.4 is 0 Å². The van der Waals surface area contributed by atoms with Crippen LogP contribution in [0.25, 0.3) is 0 Å². The zero-order valence-corrected chi connectivity index (χ0v) is 14.7. The minimum absolute atomic E-state index is 0.204. The molecule has 0 saturated heterocycles. The van der Waals surface area contributed by atoms with Crippen molar-refractivity contribution in [2.45, 2.75) is 72.0 Å². The van der Waals surface area contributed by atoms with Crippen LogP contribution in [0.1, 0.15) is 66.2 Å². The average Bonchev–Trinajstić information content (AvgIpc) is 2.67. The first-order chi connectivity index (χ1) is 10.7. The first kappa shape index (κ1) is 15.4. The monoisotopic (exact) mass is 316 g/mol. The molecule has 126 valence electrons. The first-order valence-electron chi connectivity index (χ1n) is 9.05. The number of hydrogen-bond donors (Lipinski definition) is 1. The Bertz CT molecular complexity index is 641. The molecule has 4 unspecified atom stereocenters. The van der Waals surface area contributed by atoms with Crippen molar-refractivity contribution in [3.8, 4) is 0 Å². The van der Waals surface area contributed by atoms with Gasteiger partial charge in [-0.05, 0) is 55.3 Å². The maximum Gasteiger partial charge on any atom is 0.337 e.